The van der Waals surface area contributed by atoms with E-state index in [1.54, 1.807) is 12.0 Å². The standard InChI is InChI=1S/C31H29FN2O2/c1-36-24-12-10-23(11-13-24)21-34-28-9-5-8-25-27(15-14-26(29(25)28)30(34)35)31(32)16-18-33(19-17-31)20-22-6-3-2-4-7-22/h2-15H,16-21H2,1H3. The fourth-order valence-corrected chi connectivity index (χ4v) is 5.68. The van der Waals surface area contributed by atoms with Crippen LogP contribution >= 0.6 is 0 Å². The topological polar surface area (TPSA) is 32.8 Å². The van der Waals surface area contributed by atoms with Crippen LogP contribution in [0.25, 0.3) is 10.8 Å². The van der Waals surface area contributed by atoms with Crippen molar-refractivity contribution >= 4 is 22.4 Å². The summed E-state index contributed by atoms with van der Waals surface area (Å²) in [4.78, 5) is 17.5. The Morgan fingerprint density at radius 1 is 0.833 bits per heavy atom. The maximum absolute atomic E-state index is 16.5. The van der Waals surface area contributed by atoms with Crippen LogP contribution in [0, 0.1) is 0 Å². The van der Waals surface area contributed by atoms with E-state index in [0.717, 1.165) is 34.3 Å². The Morgan fingerprint density at radius 2 is 1.56 bits per heavy atom. The second-order valence-corrected chi connectivity index (χ2v) is 9.83. The number of hydrogen-bond acceptors (Lipinski definition) is 3. The summed E-state index contributed by atoms with van der Waals surface area (Å²) in [7, 11) is 1.64. The lowest BCUT2D eigenvalue weighted by Crippen LogP contribution is -2.39. The molecule has 4 aromatic rings. The molecule has 0 atom stereocenters. The number of rotatable bonds is 6. The highest BCUT2D eigenvalue weighted by Gasteiger charge is 2.39. The SMILES string of the molecule is COc1ccc(CN2C(=O)c3ccc(C4(F)CCN(Cc5ccccc5)CC4)c4cccc2c34)cc1. The molecule has 0 N–H and O–H groups in total. The van der Waals surface area contributed by atoms with E-state index in [9.17, 15) is 4.79 Å². The van der Waals surface area contributed by atoms with Crippen molar-refractivity contribution in [2.75, 3.05) is 25.1 Å². The zero-order valence-corrected chi connectivity index (χ0v) is 20.4. The van der Waals surface area contributed by atoms with Gasteiger partial charge in [-0.15, -0.1) is 0 Å². The third-order valence-electron chi connectivity index (χ3n) is 7.67. The van der Waals surface area contributed by atoms with E-state index in [2.05, 4.69) is 17.0 Å². The highest BCUT2D eigenvalue weighted by atomic mass is 19.1. The number of benzene rings is 4. The number of likely N-dealkylation sites (tertiary alicyclic amines) is 1. The van der Waals surface area contributed by atoms with Gasteiger partial charge in [0.1, 0.15) is 11.4 Å². The lowest BCUT2D eigenvalue weighted by molar-refractivity contribution is 0.0538. The second kappa shape index (κ2) is 9.07. The van der Waals surface area contributed by atoms with Crippen molar-refractivity contribution in [2.24, 2.45) is 0 Å². The fourth-order valence-electron chi connectivity index (χ4n) is 5.68. The molecule has 2 aliphatic rings. The van der Waals surface area contributed by atoms with E-state index < -0.39 is 5.67 Å². The predicted molar refractivity (Wildman–Crippen MR) is 141 cm³/mol. The lowest BCUT2D eigenvalue weighted by Gasteiger charge is -2.37. The summed E-state index contributed by atoms with van der Waals surface area (Å²) in [5.74, 6) is 0.749. The number of carbonyl (C=O) groups is 1. The minimum atomic E-state index is -1.41. The number of hydrogen-bond donors (Lipinski definition) is 0. The molecule has 0 aliphatic carbocycles. The Hall–Kier alpha value is -3.70. The molecule has 6 rings (SSSR count). The van der Waals surface area contributed by atoms with Crippen molar-refractivity contribution in [3.05, 3.63) is 107 Å². The third kappa shape index (κ3) is 3.94. The zero-order valence-electron chi connectivity index (χ0n) is 20.4. The summed E-state index contributed by atoms with van der Waals surface area (Å²) in [6, 6.07) is 27.7. The van der Waals surface area contributed by atoms with Crippen molar-refractivity contribution in [2.45, 2.75) is 31.6 Å². The fraction of sp³-hybridized carbons (Fsp3) is 0.258. The van der Waals surface area contributed by atoms with E-state index in [4.69, 9.17) is 4.74 Å². The van der Waals surface area contributed by atoms with Gasteiger partial charge in [-0.05, 0) is 59.2 Å². The molecule has 0 saturated carbocycles. The van der Waals surface area contributed by atoms with Gasteiger partial charge in [0.2, 0.25) is 0 Å². The normalized spacial score (nSPS) is 17.1. The summed E-state index contributed by atoms with van der Waals surface area (Å²) in [6.07, 6.45) is 0.893. The van der Waals surface area contributed by atoms with Crippen molar-refractivity contribution in [1.82, 2.24) is 4.90 Å². The number of anilines is 1. The van der Waals surface area contributed by atoms with Gasteiger partial charge in [-0.25, -0.2) is 4.39 Å². The molecule has 1 fully saturated rings. The number of carbonyl (C=O) groups excluding carboxylic acids is 1. The number of amides is 1. The van der Waals surface area contributed by atoms with Crippen LogP contribution < -0.4 is 9.64 Å². The van der Waals surface area contributed by atoms with E-state index >= 15 is 4.39 Å². The maximum Gasteiger partial charge on any atom is 0.259 e. The first-order chi connectivity index (χ1) is 17.6. The minimum absolute atomic E-state index is 0.0332. The van der Waals surface area contributed by atoms with Crippen LogP contribution in [0.3, 0.4) is 0 Å². The smallest absolute Gasteiger partial charge is 0.259 e. The lowest BCUT2D eigenvalue weighted by atomic mass is 9.82. The molecule has 4 nitrogen and oxygen atoms in total. The van der Waals surface area contributed by atoms with Gasteiger partial charge in [-0.1, -0.05) is 60.7 Å². The third-order valence-corrected chi connectivity index (χ3v) is 7.67. The Balaban J connectivity index is 1.28. The highest BCUT2D eigenvalue weighted by Crippen LogP contribution is 2.46. The van der Waals surface area contributed by atoms with Crippen LogP contribution in [-0.4, -0.2) is 31.0 Å². The molecule has 1 saturated heterocycles. The average molecular weight is 481 g/mol. The molecule has 0 unspecified atom stereocenters. The van der Waals surface area contributed by atoms with Gasteiger partial charge in [-0.3, -0.25) is 9.69 Å². The number of alkyl halides is 1. The quantitative estimate of drug-likeness (QED) is 0.317. The number of ether oxygens (including phenoxy) is 1. The summed E-state index contributed by atoms with van der Waals surface area (Å²) in [5, 5.41) is 1.73. The first-order valence-corrected chi connectivity index (χ1v) is 12.5. The van der Waals surface area contributed by atoms with Gasteiger partial charge >= 0.3 is 0 Å². The minimum Gasteiger partial charge on any atom is -0.497 e. The Kier molecular flexibility index (Phi) is 5.73. The Morgan fingerprint density at radius 3 is 2.28 bits per heavy atom. The Bertz CT molecular complexity index is 1410. The largest absolute Gasteiger partial charge is 0.497 e. The van der Waals surface area contributed by atoms with E-state index in [1.807, 2.05) is 72.8 Å². The summed E-state index contributed by atoms with van der Waals surface area (Å²) >= 11 is 0. The van der Waals surface area contributed by atoms with Crippen molar-refractivity contribution in [1.29, 1.82) is 0 Å². The molecule has 4 aromatic carbocycles. The number of nitrogens with zero attached hydrogens (tertiary/aromatic N) is 2. The van der Waals surface area contributed by atoms with Crippen LogP contribution in [0.5, 0.6) is 5.75 Å². The monoisotopic (exact) mass is 480 g/mol. The highest BCUT2D eigenvalue weighted by molar-refractivity contribution is 6.25. The zero-order chi connectivity index (χ0) is 24.7. The van der Waals surface area contributed by atoms with Gasteiger partial charge in [0.25, 0.3) is 5.91 Å². The molecular weight excluding hydrogens is 451 g/mol. The van der Waals surface area contributed by atoms with Gasteiger partial charge in [-0.2, -0.15) is 0 Å². The molecule has 0 spiro atoms. The van der Waals surface area contributed by atoms with Crippen molar-refractivity contribution < 1.29 is 13.9 Å². The van der Waals surface area contributed by atoms with Gasteiger partial charge in [0.05, 0.1) is 19.3 Å². The molecule has 182 valence electrons. The average Bonchev–Trinajstić information content (AvgIpc) is 3.19. The molecule has 2 heterocycles. The first-order valence-electron chi connectivity index (χ1n) is 12.5. The molecule has 2 aliphatic heterocycles. The molecule has 0 bridgehead atoms. The number of piperidine rings is 1. The number of methoxy groups -OCH3 is 1. The molecule has 1 amide bonds. The summed E-state index contributed by atoms with van der Waals surface area (Å²) < 4.78 is 21.8. The maximum atomic E-state index is 16.5. The predicted octanol–water partition coefficient (Wildman–Crippen LogP) is 6.47. The van der Waals surface area contributed by atoms with E-state index in [0.29, 0.717) is 43.6 Å². The molecule has 5 heteroatoms. The number of halogens is 1. The van der Waals surface area contributed by atoms with Crippen molar-refractivity contribution in [3.63, 3.8) is 0 Å². The van der Waals surface area contributed by atoms with Crippen LogP contribution in [0.4, 0.5) is 10.1 Å². The van der Waals surface area contributed by atoms with Crippen LogP contribution in [-0.2, 0) is 18.8 Å². The van der Waals surface area contributed by atoms with Gasteiger partial charge in [0, 0.05) is 30.6 Å². The molecule has 0 radical (unpaired) electrons. The van der Waals surface area contributed by atoms with Gasteiger partial charge < -0.3 is 9.64 Å². The molecular formula is C31H29FN2O2. The van der Waals surface area contributed by atoms with E-state index in [-0.39, 0.29) is 5.91 Å². The van der Waals surface area contributed by atoms with Gasteiger partial charge in [0.15, 0.2) is 0 Å². The van der Waals surface area contributed by atoms with Crippen LogP contribution in [0.1, 0.15) is 39.9 Å². The van der Waals surface area contributed by atoms with E-state index in [1.165, 1.54) is 5.56 Å². The van der Waals surface area contributed by atoms with Crippen molar-refractivity contribution in [3.8, 4) is 5.75 Å². The molecule has 36 heavy (non-hydrogen) atoms. The van der Waals surface area contributed by atoms with Crippen LogP contribution in [0.15, 0.2) is 84.9 Å². The summed E-state index contributed by atoms with van der Waals surface area (Å²) in [5.41, 5.74) is 3.09. The van der Waals surface area contributed by atoms with Crippen LogP contribution in [0.2, 0.25) is 0 Å². The summed E-state index contributed by atoms with van der Waals surface area (Å²) in [6.45, 7) is 2.71. The Labute approximate surface area is 210 Å². The first kappa shape index (κ1) is 22.7. The second-order valence-electron chi connectivity index (χ2n) is 9.83. The molecule has 0 aromatic heterocycles.